The summed E-state index contributed by atoms with van der Waals surface area (Å²) < 4.78 is 12.1. The van der Waals surface area contributed by atoms with Crippen molar-refractivity contribution in [3.8, 4) is 17.2 Å². The molecular weight excluding hydrogens is 486 g/mol. The van der Waals surface area contributed by atoms with Crippen LogP contribution in [-0.2, 0) is 0 Å². The number of benzene rings is 2. The Hall–Kier alpha value is -3.89. The number of nitrogens with one attached hydrogen (secondary N) is 3. The average molecular weight is 522 g/mol. The fourth-order valence-electron chi connectivity index (χ4n) is 4.46. The number of β-amino-alcohol motifs (C(OH)–C–C–N with tert-alkyl or cyclic N) is 1. The molecule has 10 nitrogen and oxygen atoms in total. The summed E-state index contributed by atoms with van der Waals surface area (Å²) in [5.41, 5.74) is 2.43. The van der Waals surface area contributed by atoms with Crippen LogP contribution in [0.3, 0.4) is 0 Å². The SMILES string of the molecule is CCNC(=O)Nc1ccc(Oc2ccnc3cc(OC[C@H](O)CN4CCCC4)c(C(=O)NC)cc23)cc1C. The van der Waals surface area contributed by atoms with Crippen LogP contribution >= 0.6 is 0 Å². The second-order valence-electron chi connectivity index (χ2n) is 9.29. The first-order valence-electron chi connectivity index (χ1n) is 12.9. The Morgan fingerprint density at radius 1 is 1.13 bits per heavy atom. The van der Waals surface area contributed by atoms with Gasteiger partial charge in [-0.2, -0.15) is 0 Å². The summed E-state index contributed by atoms with van der Waals surface area (Å²) >= 11 is 0. The van der Waals surface area contributed by atoms with Gasteiger partial charge in [0.05, 0.1) is 11.1 Å². The zero-order valence-corrected chi connectivity index (χ0v) is 22.0. The van der Waals surface area contributed by atoms with Crippen LogP contribution in [0.2, 0.25) is 0 Å². The van der Waals surface area contributed by atoms with Crippen LogP contribution in [0, 0.1) is 6.92 Å². The molecule has 1 aliphatic heterocycles. The molecule has 2 heterocycles. The highest BCUT2D eigenvalue weighted by Crippen LogP contribution is 2.34. The summed E-state index contributed by atoms with van der Waals surface area (Å²) in [5, 5.41) is 19.3. The second-order valence-corrected chi connectivity index (χ2v) is 9.29. The van der Waals surface area contributed by atoms with E-state index in [9.17, 15) is 14.7 Å². The normalized spacial score (nSPS) is 14.2. The van der Waals surface area contributed by atoms with Gasteiger partial charge in [0, 0.05) is 43.5 Å². The number of carbonyl (C=O) groups excluding carboxylic acids is 2. The maximum Gasteiger partial charge on any atom is 0.319 e. The molecule has 0 unspecified atom stereocenters. The predicted molar refractivity (Wildman–Crippen MR) is 146 cm³/mol. The highest BCUT2D eigenvalue weighted by atomic mass is 16.5. The fourth-order valence-corrected chi connectivity index (χ4v) is 4.46. The number of fused-ring (bicyclic) bond motifs is 1. The van der Waals surface area contributed by atoms with E-state index >= 15 is 0 Å². The number of aromatic nitrogens is 1. The maximum absolute atomic E-state index is 12.7. The van der Waals surface area contributed by atoms with E-state index in [0.717, 1.165) is 31.5 Å². The minimum atomic E-state index is -0.669. The molecule has 0 bridgehead atoms. The van der Waals surface area contributed by atoms with E-state index in [1.165, 1.54) is 0 Å². The topological polar surface area (TPSA) is 125 Å². The number of pyridine rings is 1. The summed E-state index contributed by atoms with van der Waals surface area (Å²) in [6, 6.07) is 10.2. The van der Waals surface area contributed by atoms with E-state index in [-0.39, 0.29) is 18.5 Å². The van der Waals surface area contributed by atoms with E-state index in [2.05, 4.69) is 25.8 Å². The fraction of sp³-hybridized carbons (Fsp3) is 0.393. The summed E-state index contributed by atoms with van der Waals surface area (Å²) in [5.74, 6) is 1.12. The number of aliphatic hydroxyl groups is 1. The molecule has 4 N–H and O–H groups in total. The molecule has 0 saturated carbocycles. The number of ether oxygens (including phenoxy) is 2. The quantitative estimate of drug-likeness (QED) is 0.321. The molecule has 1 aliphatic rings. The van der Waals surface area contributed by atoms with E-state index in [1.54, 1.807) is 43.6 Å². The first kappa shape index (κ1) is 27.2. The summed E-state index contributed by atoms with van der Waals surface area (Å²) in [7, 11) is 1.55. The third-order valence-electron chi connectivity index (χ3n) is 6.38. The van der Waals surface area contributed by atoms with Crippen LogP contribution < -0.4 is 25.4 Å². The minimum absolute atomic E-state index is 0.0676. The number of anilines is 1. The van der Waals surface area contributed by atoms with Crippen LogP contribution in [0.25, 0.3) is 10.9 Å². The molecule has 0 spiro atoms. The van der Waals surface area contributed by atoms with Crippen molar-refractivity contribution >= 4 is 28.5 Å². The Morgan fingerprint density at radius 2 is 1.92 bits per heavy atom. The highest BCUT2D eigenvalue weighted by Gasteiger charge is 2.20. The van der Waals surface area contributed by atoms with Gasteiger partial charge in [0.25, 0.3) is 5.91 Å². The van der Waals surface area contributed by atoms with Gasteiger partial charge in [0.2, 0.25) is 0 Å². The number of aryl methyl sites for hydroxylation is 1. The Balaban J connectivity index is 1.56. The van der Waals surface area contributed by atoms with Crippen molar-refractivity contribution in [1.82, 2.24) is 20.5 Å². The molecule has 2 aromatic carbocycles. The Morgan fingerprint density at radius 3 is 2.63 bits per heavy atom. The Bertz CT molecular complexity index is 1290. The largest absolute Gasteiger partial charge is 0.490 e. The number of amides is 3. The van der Waals surface area contributed by atoms with E-state index in [4.69, 9.17) is 9.47 Å². The first-order chi connectivity index (χ1) is 18.4. The lowest BCUT2D eigenvalue weighted by Crippen LogP contribution is -2.34. The molecule has 3 aromatic rings. The van der Waals surface area contributed by atoms with Crippen LogP contribution in [0.1, 0.15) is 35.7 Å². The number of nitrogens with zero attached hydrogens (tertiary/aromatic N) is 2. The van der Waals surface area contributed by atoms with E-state index < -0.39 is 6.10 Å². The van der Waals surface area contributed by atoms with Crippen LogP contribution in [0.15, 0.2) is 42.6 Å². The van der Waals surface area contributed by atoms with Gasteiger partial charge < -0.3 is 35.4 Å². The van der Waals surface area contributed by atoms with Crippen LogP contribution in [0.5, 0.6) is 17.2 Å². The monoisotopic (exact) mass is 521 g/mol. The zero-order valence-electron chi connectivity index (χ0n) is 22.0. The molecule has 0 aliphatic carbocycles. The standard InChI is InChI=1S/C28H35N5O5/c1-4-30-28(36)32-23-8-7-20(13-18(23)2)38-25-9-10-31-24-15-26(22(14-21(24)25)27(35)29-3)37-17-19(34)16-33-11-5-6-12-33/h7-10,13-15,19,34H,4-6,11-12,16-17H2,1-3H3,(H,29,35)(H2,30,32,36)/t19-/m1/s1. The maximum atomic E-state index is 12.7. The van der Waals surface area contributed by atoms with Crippen molar-refractivity contribution in [2.75, 3.05) is 45.2 Å². The molecule has 202 valence electrons. The summed E-state index contributed by atoms with van der Waals surface area (Å²) in [6.07, 6.45) is 3.25. The van der Waals surface area contributed by atoms with Gasteiger partial charge in [-0.3, -0.25) is 9.78 Å². The zero-order chi connectivity index (χ0) is 27.1. The Labute approximate surface area is 222 Å². The van der Waals surface area contributed by atoms with Gasteiger partial charge in [0.15, 0.2) is 0 Å². The van der Waals surface area contributed by atoms with Crippen molar-refractivity contribution in [3.63, 3.8) is 0 Å². The molecule has 3 amide bonds. The van der Waals surface area contributed by atoms with Gasteiger partial charge in [-0.1, -0.05) is 0 Å². The molecular formula is C28H35N5O5. The van der Waals surface area contributed by atoms with Crippen molar-refractivity contribution in [3.05, 3.63) is 53.7 Å². The third-order valence-corrected chi connectivity index (χ3v) is 6.38. The lowest BCUT2D eigenvalue weighted by Gasteiger charge is -2.20. The van der Waals surface area contributed by atoms with Crippen molar-refractivity contribution in [2.24, 2.45) is 0 Å². The third kappa shape index (κ3) is 6.70. The number of carbonyl (C=O) groups is 2. The number of rotatable bonds is 10. The molecule has 1 atom stereocenters. The Kier molecular flexibility index (Phi) is 8.98. The lowest BCUT2D eigenvalue weighted by atomic mass is 10.1. The predicted octanol–water partition coefficient (Wildman–Crippen LogP) is 3.67. The first-order valence-corrected chi connectivity index (χ1v) is 12.9. The molecule has 1 saturated heterocycles. The second kappa shape index (κ2) is 12.6. The van der Waals surface area contributed by atoms with Crippen LogP contribution in [0.4, 0.5) is 10.5 Å². The number of urea groups is 1. The van der Waals surface area contributed by atoms with Crippen LogP contribution in [-0.4, -0.2) is 72.9 Å². The molecule has 1 fully saturated rings. The van der Waals surface area contributed by atoms with Gasteiger partial charge in [-0.25, -0.2) is 4.79 Å². The summed E-state index contributed by atoms with van der Waals surface area (Å²) in [4.78, 5) is 31.3. The van der Waals surface area contributed by atoms with E-state index in [0.29, 0.717) is 52.5 Å². The van der Waals surface area contributed by atoms with Gasteiger partial charge in [0.1, 0.15) is 30.0 Å². The number of hydrogen-bond donors (Lipinski definition) is 4. The van der Waals surface area contributed by atoms with Gasteiger partial charge in [-0.05, 0) is 75.7 Å². The average Bonchev–Trinajstić information content (AvgIpc) is 3.41. The molecule has 38 heavy (non-hydrogen) atoms. The van der Waals surface area contributed by atoms with Crippen molar-refractivity contribution in [2.45, 2.75) is 32.8 Å². The highest BCUT2D eigenvalue weighted by molar-refractivity contribution is 6.02. The summed E-state index contributed by atoms with van der Waals surface area (Å²) in [6.45, 7) is 6.84. The number of likely N-dealkylation sites (tertiary alicyclic amines) is 1. The molecule has 4 rings (SSSR count). The lowest BCUT2D eigenvalue weighted by molar-refractivity contribution is 0.0746. The van der Waals surface area contributed by atoms with E-state index in [1.807, 2.05) is 19.9 Å². The van der Waals surface area contributed by atoms with Crippen molar-refractivity contribution in [1.29, 1.82) is 0 Å². The van der Waals surface area contributed by atoms with Crippen molar-refractivity contribution < 1.29 is 24.2 Å². The molecule has 10 heteroatoms. The van der Waals surface area contributed by atoms with Gasteiger partial charge >= 0.3 is 6.03 Å². The molecule has 1 aromatic heterocycles. The molecule has 0 radical (unpaired) electrons. The van der Waals surface area contributed by atoms with Gasteiger partial charge in [-0.15, -0.1) is 0 Å². The smallest absolute Gasteiger partial charge is 0.319 e. The number of hydrogen-bond acceptors (Lipinski definition) is 7. The number of aliphatic hydroxyl groups excluding tert-OH is 1. The minimum Gasteiger partial charge on any atom is -0.490 e.